The topological polar surface area (TPSA) is 62.3 Å². The molecule has 0 unspecified atom stereocenters. The van der Waals surface area contributed by atoms with E-state index in [1.54, 1.807) is 13.1 Å². The average Bonchev–Trinajstić information content (AvgIpc) is 2.70. The number of pyridine rings is 1. The summed E-state index contributed by atoms with van der Waals surface area (Å²) < 4.78 is 0. The van der Waals surface area contributed by atoms with Crippen LogP contribution in [0.1, 0.15) is 31.8 Å². The van der Waals surface area contributed by atoms with Crippen LogP contribution in [0.25, 0.3) is 0 Å². The monoisotopic (exact) mass is 359 g/mol. The Labute approximate surface area is 158 Å². The van der Waals surface area contributed by atoms with Crippen molar-refractivity contribution >= 4 is 23.2 Å². The van der Waals surface area contributed by atoms with Crippen LogP contribution in [0, 0.1) is 13.8 Å². The van der Waals surface area contributed by atoms with Gasteiger partial charge in [-0.25, -0.2) is 0 Å². The van der Waals surface area contributed by atoms with Crippen LogP contribution in [0.5, 0.6) is 0 Å². The molecule has 5 nitrogen and oxygen atoms in total. The Balaban J connectivity index is 1.81. The largest absolute Gasteiger partial charge is 0.322 e. The maximum Gasteiger partial charge on any atom is 0.259 e. The maximum absolute atomic E-state index is 12.7. The molecule has 0 saturated heterocycles. The summed E-state index contributed by atoms with van der Waals surface area (Å²) in [4.78, 5) is 31.0. The number of amides is 2. The fourth-order valence-electron chi connectivity index (χ4n) is 2.71. The number of rotatable bonds is 4. The fourth-order valence-corrected chi connectivity index (χ4v) is 2.71. The van der Waals surface area contributed by atoms with Crippen molar-refractivity contribution in [3.8, 4) is 0 Å². The molecular weight excluding hydrogens is 338 g/mol. The summed E-state index contributed by atoms with van der Waals surface area (Å²) >= 11 is 0. The van der Waals surface area contributed by atoms with Crippen LogP contribution >= 0.6 is 0 Å². The van der Waals surface area contributed by atoms with Crippen LogP contribution in [0.3, 0.4) is 0 Å². The predicted molar refractivity (Wildman–Crippen MR) is 107 cm³/mol. The van der Waals surface area contributed by atoms with Crippen LogP contribution in [0.4, 0.5) is 11.4 Å². The third kappa shape index (κ3) is 4.20. The molecule has 2 aromatic carbocycles. The lowest BCUT2D eigenvalue weighted by atomic mass is 10.1. The molecule has 0 saturated carbocycles. The average molecular weight is 359 g/mol. The minimum absolute atomic E-state index is 0.227. The van der Waals surface area contributed by atoms with E-state index < -0.39 is 0 Å². The Morgan fingerprint density at radius 1 is 0.926 bits per heavy atom. The summed E-state index contributed by atoms with van der Waals surface area (Å²) in [5.74, 6) is -0.525. The SMILES string of the molecule is Cc1ccc(C)c(NC(=O)c2cncc(C(=O)N(C)c3ccccc3)c2)c1. The van der Waals surface area contributed by atoms with Crippen LogP contribution < -0.4 is 10.2 Å². The second kappa shape index (κ2) is 7.83. The quantitative estimate of drug-likeness (QED) is 0.758. The number of benzene rings is 2. The van der Waals surface area contributed by atoms with Gasteiger partial charge >= 0.3 is 0 Å². The number of nitrogens with zero attached hydrogens (tertiary/aromatic N) is 2. The van der Waals surface area contributed by atoms with Crippen molar-refractivity contribution < 1.29 is 9.59 Å². The highest BCUT2D eigenvalue weighted by atomic mass is 16.2. The lowest BCUT2D eigenvalue weighted by Crippen LogP contribution is -2.26. The van der Waals surface area contributed by atoms with Crippen molar-refractivity contribution in [3.63, 3.8) is 0 Å². The van der Waals surface area contributed by atoms with E-state index in [1.807, 2.05) is 62.4 Å². The first-order valence-electron chi connectivity index (χ1n) is 8.62. The zero-order valence-corrected chi connectivity index (χ0v) is 15.6. The van der Waals surface area contributed by atoms with Gasteiger partial charge in [0.2, 0.25) is 0 Å². The molecule has 0 atom stereocenters. The van der Waals surface area contributed by atoms with E-state index in [1.165, 1.54) is 17.3 Å². The fraction of sp³-hybridized carbons (Fsp3) is 0.136. The number of aromatic nitrogens is 1. The van der Waals surface area contributed by atoms with Gasteiger partial charge < -0.3 is 10.2 Å². The molecule has 1 N–H and O–H groups in total. The van der Waals surface area contributed by atoms with E-state index in [0.29, 0.717) is 11.1 Å². The Morgan fingerprint density at radius 3 is 2.37 bits per heavy atom. The molecule has 0 aliphatic rings. The number of anilines is 2. The van der Waals surface area contributed by atoms with E-state index in [0.717, 1.165) is 22.5 Å². The smallest absolute Gasteiger partial charge is 0.259 e. The van der Waals surface area contributed by atoms with Crippen molar-refractivity contribution in [2.75, 3.05) is 17.3 Å². The molecule has 0 bridgehead atoms. The molecule has 1 aromatic heterocycles. The minimum Gasteiger partial charge on any atom is -0.322 e. The Morgan fingerprint density at radius 2 is 1.63 bits per heavy atom. The van der Waals surface area contributed by atoms with Gasteiger partial charge in [-0.2, -0.15) is 0 Å². The predicted octanol–water partition coefficient (Wildman–Crippen LogP) is 4.23. The first-order valence-corrected chi connectivity index (χ1v) is 8.62. The molecule has 1 heterocycles. The van der Waals surface area contributed by atoms with E-state index in [2.05, 4.69) is 10.3 Å². The number of aryl methyl sites for hydroxylation is 2. The maximum atomic E-state index is 12.7. The van der Waals surface area contributed by atoms with E-state index in [9.17, 15) is 9.59 Å². The van der Waals surface area contributed by atoms with Gasteiger partial charge in [0.05, 0.1) is 11.1 Å². The van der Waals surface area contributed by atoms with E-state index in [-0.39, 0.29) is 11.8 Å². The first-order chi connectivity index (χ1) is 13.0. The molecule has 0 radical (unpaired) electrons. The highest BCUT2D eigenvalue weighted by Gasteiger charge is 2.16. The number of nitrogens with one attached hydrogen (secondary N) is 1. The summed E-state index contributed by atoms with van der Waals surface area (Å²) in [6, 6.07) is 16.8. The zero-order valence-electron chi connectivity index (χ0n) is 15.6. The first kappa shape index (κ1) is 18.3. The summed E-state index contributed by atoms with van der Waals surface area (Å²) in [5.41, 5.74) is 4.24. The third-order valence-corrected chi connectivity index (χ3v) is 4.34. The number of carbonyl (C=O) groups is 2. The summed E-state index contributed by atoms with van der Waals surface area (Å²) in [6.07, 6.45) is 2.93. The van der Waals surface area contributed by atoms with Crippen molar-refractivity contribution in [1.29, 1.82) is 0 Å². The van der Waals surface area contributed by atoms with Crippen LogP contribution in [0.2, 0.25) is 0 Å². The minimum atomic E-state index is -0.298. The normalized spacial score (nSPS) is 10.3. The standard InChI is InChI=1S/C22H21N3O2/c1-15-9-10-16(2)20(11-15)24-21(26)17-12-18(14-23-13-17)22(27)25(3)19-7-5-4-6-8-19/h4-14H,1-3H3,(H,24,26). The lowest BCUT2D eigenvalue weighted by molar-refractivity contribution is 0.0992. The van der Waals surface area contributed by atoms with Gasteiger partial charge in [0, 0.05) is 30.8 Å². The summed E-state index contributed by atoms with van der Waals surface area (Å²) in [5, 5.41) is 2.89. The summed E-state index contributed by atoms with van der Waals surface area (Å²) in [6.45, 7) is 3.90. The number of para-hydroxylation sites is 1. The zero-order chi connectivity index (χ0) is 19.4. The molecule has 3 rings (SSSR count). The molecular formula is C22H21N3O2. The molecule has 0 aliphatic carbocycles. The van der Waals surface area contributed by atoms with E-state index >= 15 is 0 Å². The molecule has 136 valence electrons. The number of hydrogen-bond acceptors (Lipinski definition) is 3. The van der Waals surface area contributed by atoms with Gasteiger partial charge in [0.1, 0.15) is 0 Å². The molecule has 27 heavy (non-hydrogen) atoms. The van der Waals surface area contributed by atoms with Gasteiger partial charge in [0.25, 0.3) is 11.8 Å². The number of hydrogen-bond donors (Lipinski definition) is 1. The molecule has 2 amide bonds. The van der Waals surface area contributed by atoms with Crippen molar-refractivity contribution in [3.05, 3.63) is 89.2 Å². The molecule has 0 spiro atoms. The molecule has 3 aromatic rings. The number of carbonyl (C=O) groups excluding carboxylic acids is 2. The summed E-state index contributed by atoms with van der Waals surface area (Å²) in [7, 11) is 1.69. The van der Waals surface area contributed by atoms with Crippen molar-refractivity contribution in [2.45, 2.75) is 13.8 Å². The van der Waals surface area contributed by atoms with Gasteiger partial charge in [-0.15, -0.1) is 0 Å². The Hall–Kier alpha value is -3.47. The second-order valence-electron chi connectivity index (χ2n) is 6.43. The van der Waals surface area contributed by atoms with Crippen molar-refractivity contribution in [1.82, 2.24) is 4.98 Å². The molecule has 0 aliphatic heterocycles. The van der Waals surface area contributed by atoms with Gasteiger partial charge in [0.15, 0.2) is 0 Å². The second-order valence-corrected chi connectivity index (χ2v) is 6.43. The van der Waals surface area contributed by atoms with Gasteiger partial charge in [-0.1, -0.05) is 30.3 Å². The molecule has 0 fully saturated rings. The van der Waals surface area contributed by atoms with Crippen LogP contribution in [-0.2, 0) is 0 Å². The Kier molecular flexibility index (Phi) is 5.31. The van der Waals surface area contributed by atoms with Gasteiger partial charge in [-0.3, -0.25) is 14.6 Å². The highest BCUT2D eigenvalue weighted by molar-refractivity contribution is 6.09. The van der Waals surface area contributed by atoms with E-state index in [4.69, 9.17) is 0 Å². The third-order valence-electron chi connectivity index (χ3n) is 4.34. The Bertz CT molecular complexity index is 984. The lowest BCUT2D eigenvalue weighted by Gasteiger charge is -2.17. The molecule has 5 heteroatoms. The van der Waals surface area contributed by atoms with Gasteiger partial charge in [-0.05, 0) is 49.2 Å². The van der Waals surface area contributed by atoms with Crippen LogP contribution in [0.15, 0.2) is 67.0 Å². The van der Waals surface area contributed by atoms with Crippen LogP contribution in [-0.4, -0.2) is 23.8 Å². The highest BCUT2D eigenvalue weighted by Crippen LogP contribution is 2.18. The van der Waals surface area contributed by atoms with Crippen molar-refractivity contribution in [2.24, 2.45) is 0 Å².